The molecule has 0 bridgehead atoms. The molecule has 0 atom stereocenters. The monoisotopic (exact) mass is 865 g/mol. The number of hydrogen-bond acceptors (Lipinski definition) is 4. The molecule has 0 saturated heterocycles. The lowest BCUT2D eigenvalue weighted by Gasteiger charge is -2.30. The Morgan fingerprint density at radius 3 is 1.40 bits per heavy atom. The zero-order valence-corrected chi connectivity index (χ0v) is 36.8. The molecule has 0 saturated carbocycles. The molecule has 14 rings (SSSR count). The third kappa shape index (κ3) is 5.77. The first kappa shape index (κ1) is 38.3. The normalized spacial score (nSPS) is 12.8. The molecule has 2 aromatic heterocycles. The molecule has 0 fully saturated rings. The SMILES string of the molecule is c1ccc(-c2ccc(-c3nc(-c4cccc(-c5ccccc5)c4)nc(-c4cccc5oc6ccc(-c7ccc8c(c7)-c7ccccc7C87c8ccccc8-c8ccccc87)cc6c45)n3)cc2)cc1. The van der Waals surface area contributed by atoms with E-state index in [0.717, 1.165) is 72.0 Å². The zero-order chi connectivity index (χ0) is 44.8. The van der Waals surface area contributed by atoms with Crippen molar-refractivity contribution in [2.45, 2.75) is 5.41 Å². The Balaban J connectivity index is 0.924. The van der Waals surface area contributed by atoms with Crippen LogP contribution in [0.4, 0.5) is 0 Å². The zero-order valence-electron chi connectivity index (χ0n) is 36.8. The lowest BCUT2D eigenvalue weighted by molar-refractivity contribution is 0.669. The van der Waals surface area contributed by atoms with Crippen LogP contribution in [0.25, 0.3) is 112 Å². The maximum atomic E-state index is 6.63. The molecule has 0 aliphatic heterocycles. The number of furan rings is 1. The lowest BCUT2D eigenvalue weighted by atomic mass is 9.70. The number of aromatic nitrogens is 3. The van der Waals surface area contributed by atoms with E-state index in [1.807, 2.05) is 24.3 Å². The van der Waals surface area contributed by atoms with Gasteiger partial charge in [0, 0.05) is 27.5 Å². The minimum atomic E-state index is -0.383. The molecule has 2 heterocycles. The summed E-state index contributed by atoms with van der Waals surface area (Å²) in [5.41, 5.74) is 21.2. The van der Waals surface area contributed by atoms with Crippen LogP contribution < -0.4 is 0 Å². The van der Waals surface area contributed by atoms with E-state index >= 15 is 0 Å². The summed E-state index contributed by atoms with van der Waals surface area (Å²) in [6.07, 6.45) is 0. The number of benzene rings is 10. The second-order valence-corrected chi connectivity index (χ2v) is 17.8. The topological polar surface area (TPSA) is 51.8 Å². The van der Waals surface area contributed by atoms with Crippen LogP contribution in [0.5, 0.6) is 0 Å². The highest BCUT2D eigenvalue weighted by molar-refractivity contribution is 6.13. The molecule has 316 valence electrons. The lowest BCUT2D eigenvalue weighted by Crippen LogP contribution is -2.25. The van der Waals surface area contributed by atoms with E-state index in [2.05, 4.69) is 212 Å². The van der Waals surface area contributed by atoms with Crippen LogP contribution in [0, 0.1) is 0 Å². The van der Waals surface area contributed by atoms with E-state index in [0.29, 0.717) is 17.5 Å². The van der Waals surface area contributed by atoms with Gasteiger partial charge in [-0.1, -0.05) is 206 Å². The molecule has 0 amide bonds. The predicted molar refractivity (Wildman–Crippen MR) is 276 cm³/mol. The Kier molecular flexibility index (Phi) is 8.46. The number of nitrogens with zero attached hydrogens (tertiary/aromatic N) is 3. The van der Waals surface area contributed by atoms with Crippen molar-refractivity contribution in [3.05, 3.63) is 259 Å². The van der Waals surface area contributed by atoms with Crippen molar-refractivity contribution in [1.82, 2.24) is 15.0 Å². The van der Waals surface area contributed by atoms with Crippen molar-refractivity contribution >= 4 is 21.9 Å². The average molecular weight is 866 g/mol. The number of fused-ring (bicyclic) bond motifs is 13. The molecule has 68 heavy (non-hydrogen) atoms. The standard InChI is InChI=1S/C64H39N3O/c1-3-15-40(16-4-1)42-29-31-43(32-30-42)61-65-62(47-20-13-19-44(37-47)41-17-5-2-6-18-41)67-63(66-61)51-24-14-28-59-60(51)53-39-46(34-36-58(53)68-59)45-33-35-57-52(38-45)50-23-9-12-27-56(50)64(57)54-25-10-7-21-48(54)49-22-8-11-26-55(49)64/h1-39H. The van der Waals surface area contributed by atoms with Crippen LogP contribution in [0.1, 0.15) is 22.3 Å². The van der Waals surface area contributed by atoms with Crippen molar-refractivity contribution in [2.24, 2.45) is 0 Å². The van der Waals surface area contributed by atoms with E-state index in [4.69, 9.17) is 19.4 Å². The second-order valence-electron chi connectivity index (χ2n) is 17.8. The molecule has 0 N–H and O–H groups in total. The minimum Gasteiger partial charge on any atom is -0.456 e. The molecule has 4 heteroatoms. The van der Waals surface area contributed by atoms with Crippen LogP contribution in [0.2, 0.25) is 0 Å². The highest BCUT2D eigenvalue weighted by Crippen LogP contribution is 2.63. The molecular formula is C64H39N3O. The summed E-state index contributed by atoms with van der Waals surface area (Å²) in [6.45, 7) is 0. The van der Waals surface area contributed by atoms with Gasteiger partial charge in [-0.25, -0.2) is 15.0 Å². The van der Waals surface area contributed by atoms with Gasteiger partial charge in [-0.15, -0.1) is 0 Å². The van der Waals surface area contributed by atoms with Crippen molar-refractivity contribution in [3.8, 4) is 89.8 Å². The average Bonchev–Trinajstić information content (AvgIpc) is 4.05. The van der Waals surface area contributed by atoms with E-state index < -0.39 is 0 Å². The van der Waals surface area contributed by atoms with E-state index in [-0.39, 0.29) is 5.41 Å². The molecule has 4 nitrogen and oxygen atoms in total. The Hall–Kier alpha value is -8.99. The molecule has 0 unspecified atom stereocenters. The van der Waals surface area contributed by atoms with Crippen molar-refractivity contribution in [1.29, 1.82) is 0 Å². The summed E-state index contributed by atoms with van der Waals surface area (Å²) in [4.78, 5) is 15.7. The van der Waals surface area contributed by atoms with Gasteiger partial charge < -0.3 is 4.42 Å². The fourth-order valence-electron chi connectivity index (χ4n) is 11.1. The Bertz CT molecular complexity index is 3920. The fraction of sp³-hybridized carbons (Fsp3) is 0.0156. The van der Waals surface area contributed by atoms with E-state index in [9.17, 15) is 0 Å². The van der Waals surface area contributed by atoms with Crippen LogP contribution in [-0.2, 0) is 5.41 Å². The predicted octanol–water partition coefficient (Wildman–Crippen LogP) is 16.1. The van der Waals surface area contributed by atoms with Gasteiger partial charge in [-0.3, -0.25) is 0 Å². The number of hydrogen-bond donors (Lipinski definition) is 0. The van der Waals surface area contributed by atoms with Gasteiger partial charge in [0.05, 0.1) is 5.41 Å². The second kappa shape index (κ2) is 15.0. The van der Waals surface area contributed by atoms with Crippen LogP contribution in [-0.4, -0.2) is 15.0 Å². The number of rotatable bonds is 6. The fourth-order valence-corrected chi connectivity index (χ4v) is 11.1. The smallest absolute Gasteiger partial charge is 0.164 e. The van der Waals surface area contributed by atoms with E-state index in [1.54, 1.807) is 0 Å². The summed E-state index contributed by atoms with van der Waals surface area (Å²) in [5, 5.41) is 1.97. The third-order valence-corrected chi connectivity index (χ3v) is 14.2. The summed E-state index contributed by atoms with van der Waals surface area (Å²) in [5.74, 6) is 1.78. The molecule has 0 radical (unpaired) electrons. The summed E-state index contributed by atoms with van der Waals surface area (Å²) < 4.78 is 6.63. The molecular weight excluding hydrogens is 827 g/mol. The van der Waals surface area contributed by atoms with Gasteiger partial charge in [0.15, 0.2) is 17.5 Å². The molecule has 2 aliphatic carbocycles. The van der Waals surface area contributed by atoms with Gasteiger partial charge in [0.25, 0.3) is 0 Å². The summed E-state index contributed by atoms with van der Waals surface area (Å²) >= 11 is 0. The van der Waals surface area contributed by atoms with Gasteiger partial charge in [0.2, 0.25) is 0 Å². The quantitative estimate of drug-likeness (QED) is 0.167. The minimum absolute atomic E-state index is 0.383. The highest BCUT2D eigenvalue weighted by Gasteiger charge is 2.51. The van der Waals surface area contributed by atoms with Crippen LogP contribution >= 0.6 is 0 Å². The van der Waals surface area contributed by atoms with Crippen LogP contribution in [0.3, 0.4) is 0 Å². The van der Waals surface area contributed by atoms with Crippen molar-refractivity contribution in [3.63, 3.8) is 0 Å². The largest absolute Gasteiger partial charge is 0.456 e. The molecule has 1 spiro atoms. The summed E-state index contributed by atoms with van der Waals surface area (Å²) in [6, 6.07) is 84.5. The van der Waals surface area contributed by atoms with Gasteiger partial charge in [0.1, 0.15) is 11.2 Å². The first-order valence-electron chi connectivity index (χ1n) is 23.2. The Labute approximate surface area is 393 Å². The first-order valence-corrected chi connectivity index (χ1v) is 23.2. The van der Waals surface area contributed by atoms with Gasteiger partial charge in [-0.2, -0.15) is 0 Å². The van der Waals surface area contributed by atoms with Gasteiger partial charge >= 0.3 is 0 Å². The molecule has 10 aromatic carbocycles. The Morgan fingerprint density at radius 1 is 0.265 bits per heavy atom. The maximum Gasteiger partial charge on any atom is 0.164 e. The Morgan fingerprint density at radius 2 is 0.706 bits per heavy atom. The highest BCUT2D eigenvalue weighted by atomic mass is 16.3. The van der Waals surface area contributed by atoms with Gasteiger partial charge in [-0.05, 0) is 108 Å². The maximum absolute atomic E-state index is 6.63. The molecule has 2 aliphatic rings. The van der Waals surface area contributed by atoms with Crippen molar-refractivity contribution in [2.75, 3.05) is 0 Å². The van der Waals surface area contributed by atoms with E-state index in [1.165, 1.54) is 44.5 Å². The third-order valence-electron chi connectivity index (χ3n) is 14.2. The first-order chi connectivity index (χ1) is 33.7. The molecule has 12 aromatic rings. The summed E-state index contributed by atoms with van der Waals surface area (Å²) in [7, 11) is 0. The van der Waals surface area contributed by atoms with Crippen LogP contribution in [0.15, 0.2) is 241 Å². The van der Waals surface area contributed by atoms with Crippen molar-refractivity contribution < 1.29 is 4.42 Å².